The molecule has 2 aromatic rings. The van der Waals surface area contributed by atoms with Crippen molar-refractivity contribution in [2.24, 2.45) is 0 Å². The van der Waals surface area contributed by atoms with Crippen molar-refractivity contribution < 1.29 is 14.3 Å². The topological polar surface area (TPSA) is 80.3 Å². The molecule has 2 N–H and O–H groups in total. The summed E-state index contributed by atoms with van der Waals surface area (Å²) in [7, 11) is 0. The van der Waals surface area contributed by atoms with Crippen molar-refractivity contribution in [2.75, 3.05) is 19.7 Å². The molecule has 0 aliphatic carbocycles. The number of terminal acetylenes is 1. The smallest absolute Gasteiger partial charge is 0.270 e. The van der Waals surface area contributed by atoms with Crippen molar-refractivity contribution in [3.05, 3.63) is 35.3 Å². The van der Waals surface area contributed by atoms with Crippen LogP contribution in [0.2, 0.25) is 0 Å². The highest BCUT2D eigenvalue weighted by Crippen LogP contribution is 2.25. The molecular formula is C18H19N3O3S. The maximum atomic E-state index is 12.1. The van der Waals surface area contributed by atoms with Gasteiger partial charge in [0.05, 0.1) is 13.2 Å². The van der Waals surface area contributed by atoms with Crippen LogP contribution in [0.1, 0.15) is 23.8 Å². The van der Waals surface area contributed by atoms with Gasteiger partial charge in [0, 0.05) is 23.9 Å². The predicted molar refractivity (Wildman–Crippen MR) is 97.5 cm³/mol. The fraction of sp³-hybridized carbons (Fsp3) is 0.278. The Hall–Kier alpha value is -2.85. The first kappa shape index (κ1) is 18.5. The van der Waals surface area contributed by atoms with Crippen LogP contribution in [0.3, 0.4) is 0 Å². The van der Waals surface area contributed by atoms with E-state index in [1.807, 2.05) is 31.2 Å². The minimum absolute atomic E-state index is 0.170. The van der Waals surface area contributed by atoms with Gasteiger partial charge in [-0.25, -0.2) is 4.98 Å². The molecule has 0 atom stereocenters. The quantitative estimate of drug-likeness (QED) is 0.709. The molecule has 2 amide bonds. The van der Waals surface area contributed by atoms with Gasteiger partial charge >= 0.3 is 0 Å². The number of hydrogen-bond acceptors (Lipinski definition) is 5. The standard InChI is InChI=1S/C18H19N3O3S/c1-3-10-19-16(22)9-11-20-17(23)15-12-25-18(21-15)13-5-7-14(8-6-13)24-4-2/h1,5-8,12H,4,9-11H2,2H3,(H,19,22)(H,20,23). The van der Waals surface area contributed by atoms with Gasteiger partial charge in [-0.2, -0.15) is 0 Å². The molecule has 0 aliphatic rings. The molecule has 1 aromatic carbocycles. The number of carbonyl (C=O) groups excluding carboxylic acids is 2. The van der Waals surface area contributed by atoms with Crippen LogP contribution >= 0.6 is 11.3 Å². The average molecular weight is 357 g/mol. The third-order valence-corrected chi connectivity index (χ3v) is 4.07. The van der Waals surface area contributed by atoms with E-state index in [9.17, 15) is 9.59 Å². The number of hydrogen-bond donors (Lipinski definition) is 2. The van der Waals surface area contributed by atoms with E-state index in [1.165, 1.54) is 11.3 Å². The summed E-state index contributed by atoms with van der Waals surface area (Å²) in [5.41, 5.74) is 1.25. The van der Waals surface area contributed by atoms with Gasteiger partial charge in [0.2, 0.25) is 5.91 Å². The summed E-state index contributed by atoms with van der Waals surface area (Å²) in [5.74, 6) is 2.60. The Morgan fingerprint density at radius 3 is 2.72 bits per heavy atom. The van der Waals surface area contributed by atoms with E-state index >= 15 is 0 Å². The van der Waals surface area contributed by atoms with E-state index in [4.69, 9.17) is 11.2 Å². The van der Waals surface area contributed by atoms with Gasteiger partial charge in [-0.15, -0.1) is 17.8 Å². The number of amides is 2. The van der Waals surface area contributed by atoms with Crippen LogP contribution in [0.15, 0.2) is 29.6 Å². The molecule has 0 saturated heterocycles. The van der Waals surface area contributed by atoms with E-state index < -0.39 is 0 Å². The zero-order valence-electron chi connectivity index (χ0n) is 13.9. The van der Waals surface area contributed by atoms with E-state index in [1.54, 1.807) is 5.38 Å². The molecule has 0 bridgehead atoms. The molecule has 0 radical (unpaired) electrons. The summed E-state index contributed by atoms with van der Waals surface area (Å²) in [4.78, 5) is 27.8. The van der Waals surface area contributed by atoms with E-state index in [0.717, 1.165) is 16.3 Å². The molecular weight excluding hydrogens is 338 g/mol. The molecule has 130 valence electrons. The monoisotopic (exact) mass is 357 g/mol. The molecule has 6 nitrogen and oxygen atoms in total. The van der Waals surface area contributed by atoms with Gasteiger partial charge in [-0.1, -0.05) is 5.92 Å². The number of ether oxygens (including phenoxy) is 1. The van der Waals surface area contributed by atoms with Crippen LogP contribution in [-0.4, -0.2) is 36.5 Å². The molecule has 1 heterocycles. The van der Waals surface area contributed by atoms with E-state index in [0.29, 0.717) is 12.3 Å². The van der Waals surface area contributed by atoms with Crippen molar-refractivity contribution in [2.45, 2.75) is 13.3 Å². The van der Waals surface area contributed by atoms with Crippen LogP contribution < -0.4 is 15.4 Å². The van der Waals surface area contributed by atoms with Crippen molar-refractivity contribution in [3.8, 4) is 28.7 Å². The van der Waals surface area contributed by atoms with Gasteiger partial charge in [0.25, 0.3) is 5.91 Å². The van der Waals surface area contributed by atoms with Crippen molar-refractivity contribution in [3.63, 3.8) is 0 Å². The lowest BCUT2D eigenvalue weighted by Crippen LogP contribution is -2.31. The molecule has 0 fully saturated rings. The molecule has 0 spiro atoms. The Morgan fingerprint density at radius 2 is 2.04 bits per heavy atom. The lowest BCUT2D eigenvalue weighted by molar-refractivity contribution is -0.120. The molecule has 7 heteroatoms. The van der Waals surface area contributed by atoms with Crippen LogP contribution in [0.4, 0.5) is 0 Å². The molecule has 0 unspecified atom stereocenters. The van der Waals surface area contributed by atoms with Gasteiger partial charge in [0.15, 0.2) is 0 Å². The second kappa shape index (κ2) is 9.45. The SMILES string of the molecule is C#CCNC(=O)CCNC(=O)c1csc(-c2ccc(OCC)cc2)n1. The second-order valence-electron chi connectivity index (χ2n) is 4.98. The predicted octanol–water partition coefficient (Wildman–Crippen LogP) is 2.08. The first-order valence-corrected chi connectivity index (χ1v) is 8.69. The molecule has 2 rings (SSSR count). The summed E-state index contributed by atoms with van der Waals surface area (Å²) in [5, 5.41) is 7.65. The fourth-order valence-corrected chi connectivity index (χ4v) is 2.80. The summed E-state index contributed by atoms with van der Waals surface area (Å²) in [6.07, 6.45) is 5.22. The summed E-state index contributed by atoms with van der Waals surface area (Å²) in [6.45, 7) is 2.95. The minimum Gasteiger partial charge on any atom is -0.494 e. The highest BCUT2D eigenvalue weighted by Gasteiger charge is 2.12. The number of benzene rings is 1. The van der Waals surface area contributed by atoms with E-state index in [2.05, 4.69) is 21.5 Å². The van der Waals surface area contributed by atoms with Gasteiger partial charge in [0.1, 0.15) is 16.5 Å². The third kappa shape index (κ3) is 5.62. The summed E-state index contributed by atoms with van der Waals surface area (Å²) >= 11 is 1.39. The van der Waals surface area contributed by atoms with E-state index in [-0.39, 0.29) is 31.3 Å². The van der Waals surface area contributed by atoms with Crippen LogP contribution in [0.5, 0.6) is 5.75 Å². The lowest BCUT2D eigenvalue weighted by atomic mass is 10.2. The van der Waals surface area contributed by atoms with Crippen molar-refractivity contribution in [1.29, 1.82) is 0 Å². The Labute approximate surface area is 150 Å². The normalized spacial score (nSPS) is 9.92. The van der Waals surface area contributed by atoms with Gasteiger partial charge in [-0.05, 0) is 31.2 Å². The molecule has 1 aromatic heterocycles. The highest BCUT2D eigenvalue weighted by atomic mass is 32.1. The molecule has 25 heavy (non-hydrogen) atoms. The van der Waals surface area contributed by atoms with Crippen LogP contribution in [-0.2, 0) is 4.79 Å². The first-order valence-electron chi connectivity index (χ1n) is 7.81. The largest absolute Gasteiger partial charge is 0.494 e. The van der Waals surface area contributed by atoms with Gasteiger partial charge in [-0.3, -0.25) is 9.59 Å². The zero-order chi connectivity index (χ0) is 18.1. The Bertz CT molecular complexity index is 763. The fourth-order valence-electron chi connectivity index (χ4n) is 1.99. The molecule has 0 aliphatic heterocycles. The zero-order valence-corrected chi connectivity index (χ0v) is 14.7. The van der Waals surface area contributed by atoms with Crippen LogP contribution in [0, 0.1) is 12.3 Å². The lowest BCUT2D eigenvalue weighted by Gasteiger charge is -2.04. The van der Waals surface area contributed by atoms with Crippen molar-refractivity contribution >= 4 is 23.2 Å². The Kier molecular flexibility index (Phi) is 6.99. The molecule has 0 saturated carbocycles. The number of aromatic nitrogens is 1. The number of nitrogens with one attached hydrogen (secondary N) is 2. The number of carbonyl (C=O) groups is 2. The second-order valence-corrected chi connectivity index (χ2v) is 5.84. The number of rotatable bonds is 8. The average Bonchev–Trinajstić information content (AvgIpc) is 3.11. The maximum Gasteiger partial charge on any atom is 0.270 e. The summed E-state index contributed by atoms with van der Waals surface area (Å²) in [6, 6.07) is 7.55. The maximum absolute atomic E-state index is 12.1. The third-order valence-electron chi connectivity index (χ3n) is 3.17. The summed E-state index contributed by atoms with van der Waals surface area (Å²) < 4.78 is 5.40. The Morgan fingerprint density at radius 1 is 1.28 bits per heavy atom. The Balaban J connectivity index is 1.88. The minimum atomic E-state index is -0.307. The van der Waals surface area contributed by atoms with Gasteiger partial charge < -0.3 is 15.4 Å². The number of nitrogens with zero attached hydrogens (tertiary/aromatic N) is 1. The van der Waals surface area contributed by atoms with Crippen molar-refractivity contribution in [1.82, 2.24) is 15.6 Å². The van der Waals surface area contributed by atoms with Crippen LogP contribution in [0.25, 0.3) is 10.6 Å². The first-order chi connectivity index (χ1) is 12.1. The number of thiazole rings is 1. The highest BCUT2D eigenvalue weighted by molar-refractivity contribution is 7.13.